The normalized spacial score (nSPS) is 9.88. The zero-order valence-electron chi connectivity index (χ0n) is 13.2. The number of hydrogen-bond acceptors (Lipinski definition) is 6. The Morgan fingerprint density at radius 1 is 1.08 bits per heavy atom. The molecule has 0 aliphatic rings. The van der Waals surface area contributed by atoms with E-state index in [-0.39, 0.29) is 5.91 Å². The minimum absolute atomic E-state index is 0.316. The predicted octanol–water partition coefficient (Wildman–Crippen LogP) is 2.61. The largest absolute Gasteiger partial charge is 0.350 e. The van der Waals surface area contributed by atoms with Crippen LogP contribution in [-0.2, 0) is 6.54 Å². The molecule has 0 aliphatic heterocycles. The molecule has 0 aliphatic carbocycles. The third kappa shape index (κ3) is 4.36. The number of aromatic nitrogens is 3. The van der Waals surface area contributed by atoms with Crippen LogP contribution < -0.4 is 10.6 Å². The van der Waals surface area contributed by atoms with Crippen molar-refractivity contribution in [3.05, 3.63) is 77.9 Å². The molecule has 2 N–H and O–H groups in total. The summed E-state index contributed by atoms with van der Waals surface area (Å²) in [5.74, 6) is 0.113. The molecule has 0 bridgehead atoms. The van der Waals surface area contributed by atoms with Crippen molar-refractivity contribution in [2.45, 2.75) is 6.54 Å². The second-order valence-electron chi connectivity index (χ2n) is 5.15. The first-order valence-corrected chi connectivity index (χ1v) is 7.51. The van der Waals surface area contributed by atoms with Crippen LogP contribution in [0.4, 0.5) is 11.6 Å². The van der Waals surface area contributed by atoms with Crippen molar-refractivity contribution in [2.75, 3.05) is 10.6 Å². The number of anilines is 2. The first-order valence-electron chi connectivity index (χ1n) is 7.51. The van der Waals surface area contributed by atoms with Gasteiger partial charge in [-0.1, -0.05) is 6.07 Å². The maximum absolute atomic E-state index is 12.2. The summed E-state index contributed by atoms with van der Waals surface area (Å²) in [6.07, 6.45) is 6.38. The van der Waals surface area contributed by atoms with Crippen LogP contribution in [0, 0.1) is 11.3 Å². The summed E-state index contributed by atoms with van der Waals surface area (Å²) in [5.41, 5.74) is 2.48. The van der Waals surface area contributed by atoms with Crippen LogP contribution in [0.1, 0.15) is 21.5 Å². The number of carbonyl (C=O) groups excluding carboxylic acids is 1. The zero-order valence-corrected chi connectivity index (χ0v) is 13.2. The van der Waals surface area contributed by atoms with E-state index in [1.807, 2.05) is 18.2 Å². The van der Waals surface area contributed by atoms with Crippen LogP contribution in [0.3, 0.4) is 0 Å². The molecule has 122 valence electrons. The first-order chi connectivity index (χ1) is 12.2. The molecule has 7 heteroatoms. The lowest BCUT2D eigenvalue weighted by Crippen LogP contribution is -2.13. The fraction of sp³-hybridized carbons (Fsp3) is 0.0556. The molecule has 2 aromatic heterocycles. The summed E-state index contributed by atoms with van der Waals surface area (Å²) in [5, 5.41) is 14.6. The Hall–Kier alpha value is -3.79. The molecule has 3 rings (SSSR count). The second-order valence-corrected chi connectivity index (χ2v) is 5.15. The molecular weight excluding hydrogens is 316 g/mol. The van der Waals surface area contributed by atoms with Crippen molar-refractivity contribution in [3.8, 4) is 6.07 Å². The van der Waals surface area contributed by atoms with Crippen LogP contribution in [0.15, 0.2) is 61.2 Å². The van der Waals surface area contributed by atoms with Gasteiger partial charge in [-0.3, -0.25) is 9.78 Å². The number of rotatable bonds is 5. The Bertz CT molecular complexity index is 886. The standard InChI is InChI=1S/C18H14N6O/c19-8-13-3-5-16(6-4-13)24-17(25)15-11-22-18(23-12-15)21-10-14-2-1-7-20-9-14/h1-7,9,11-12H,10H2,(H,24,25)(H,21,22,23). The van der Waals surface area contributed by atoms with Gasteiger partial charge < -0.3 is 10.6 Å². The van der Waals surface area contributed by atoms with Crippen molar-refractivity contribution in [3.63, 3.8) is 0 Å². The van der Waals surface area contributed by atoms with Gasteiger partial charge >= 0.3 is 0 Å². The average Bonchev–Trinajstić information content (AvgIpc) is 2.68. The van der Waals surface area contributed by atoms with Crippen LogP contribution in [0.25, 0.3) is 0 Å². The molecule has 1 aromatic carbocycles. The molecule has 25 heavy (non-hydrogen) atoms. The second kappa shape index (κ2) is 7.66. The molecule has 0 fully saturated rings. The third-order valence-corrected chi connectivity index (χ3v) is 3.36. The zero-order chi connectivity index (χ0) is 17.5. The quantitative estimate of drug-likeness (QED) is 0.745. The first kappa shape index (κ1) is 16.1. The summed E-state index contributed by atoms with van der Waals surface area (Å²) >= 11 is 0. The van der Waals surface area contributed by atoms with E-state index in [1.54, 1.807) is 36.7 Å². The van der Waals surface area contributed by atoms with E-state index in [9.17, 15) is 4.79 Å². The Kier molecular flexibility index (Phi) is 4.93. The predicted molar refractivity (Wildman–Crippen MR) is 92.7 cm³/mol. The van der Waals surface area contributed by atoms with Gasteiger partial charge in [0.1, 0.15) is 0 Å². The average molecular weight is 330 g/mol. The van der Waals surface area contributed by atoms with Gasteiger partial charge in [0.25, 0.3) is 5.91 Å². The van der Waals surface area contributed by atoms with Gasteiger partial charge in [-0.25, -0.2) is 9.97 Å². The van der Waals surface area contributed by atoms with E-state index in [1.165, 1.54) is 12.4 Å². The summed E-state index contributed by atoms with van der Waals surface area (Å²) in [6.45, 7) is 0.546. The summed E-state index contributed by atoms with van der Waals surface area (Å²) < 4.78 is 0. The van der Waals surface area contributed by atoms with Crippen molar-refractivity contribution in [1.82, 2.24) is 15.0 Å². The van der Waals surface area contributed by atoms with Crippen molar-refractivity contribution >= 4 is 17.5 Å². The Balaban J connectivity index is 1.59. The number of carbonyl (C=O) groups is 1. The summed E-state index contributed by atoms with van der Waals surface area (Å²) in [4.78, 5) is 24.5. The molecule has 0 atom stereocenters. The molecule has 0 saturated heterocycles. The third-order valence-electron chi connectivity index (χ3n) is 3.36. The molecular formula is C18H14N6O. The van der Waals surface area contributed by atoms with Crippen LogP contribution in [-0.4, -0.2) is 20.9 Å². The maximum atomic E-state index is 12.2. The number of nitrogens with one attached hydrogen (secondary N) is 2. The number of hydrogen-bond donors (Lipinski definition) is 2. The molecule has 2 heterocycles. The fourth-order valence-corrected chi connectivity index (χ4v) is 2.05. The topological polar surface area (TPSA) is 104 Å². The van der Waals surface area contributed by atoms with Crippen LogP contribution in [0.2, 0.25) is 0 Å². The number of amides is 1. The number of nitrogens with zero attached hydrogens (tertiary/aromatic N) is 4. The highest BCUT2D eigenvalue weighted by atomic mass is 16.1. The lowest BCUT2D eigenvalue weighted by atomic mass is 10.2. The van der Waals surface area contributed by atoms with E-state index in [4.69, 9.17) is 5.26 Å². The van der Waals surface area contributed by atoms with Gasteiger partial charge in [0.2, 0.25) is 5.95 Å². The van der Waals surface area contributed by atoms with Gasteiger partial charge in [-0.15, -0.1) is 0 Å². The molecule has 0 saturated carbocycles. The Labute approximate surface area is 144 Å². The Morgan fingerprint density at radius 3 is 2.48 bits per heavy atom. The van der Waals surface area contributed by atoms with E-state index in [2.05, 4.69) is 25.6 Å². The van der Waals surface area contributed by atoms with Gasteiger partial charge in [0, 0.05) is 37.0 Å². The number of benzene rings is 1. The van der Waals surface area contributed by atoms with Gasteiger partial charge in [0.05, 0.1) is 17.2 Å². The fourth-order valence-electron chi connectivity index (χ4n) is 2.05. The van der Waals surface area contributed by atoms with Gasteiger partial charge in [0.15, 0.2) is 0 Å². The van der Waals surface area contributed by atoms with Gasteiger partial charge in [-0.2, -0.15) is 5.26 Å². The van der Waals surface area contributed by atoms with Crippen LogP contribution in [0.5, 0.6) is 0 Å². The lowest BCUT2D eigenvalue weighted by molar-refractivity contribution is 0.102. The molecule has 1 amide bonds. The number of nitriles is 1. The molecule has 0 unspecified atom stereocenters. The molecule has 3 aromatic rings. The minimum atomic E-state index is -0.316. The number of pyridine rings is 1. The summed E-state index contributed by atoms with van der Waals surface area (Å²) in [6, 6.07) is 12.4. The van der Waals surface area contributed by atoms with E-state index in [0.29, 0.717) is 29.3 Å². The summed E-state index contributed by atoms with van der Waals surface area (Å²) in [7, 11) is 0. The highest BCUT2D eigenvalue weighted by molar-refractivity contribution is 6.03. The smallest absolute Gasteiger partial charge is 0.258 e. The van der Waals surface area contributed by atoms with E-state index in [0.717, 1.165) is 5.56 Å². The monoisotopic (exact) mass is 330 g/mol. The molecule has 0 spiro atoms. The van der Waals surface area contributed by atoms with Crippen LogP contribution >= 0.6 is 0 Å². The van der Waals surface area contributed by atoms with Crippen molar-refractivity contribution < 1.29 is 4.79 Å². The minimum Gasteiger partial charge on any atom is -0.350 e. The molecule has 7 nitrogen and oxygen atoms in total. The maximum Gasteiger partial charge on any atom is 0.258 e. The highest BCUT2D eigenvalue weighted by Gasteiger charge is 2.08. The lowest BCUT2D eigenvalue weighted by Gasteiger charge is -2.07. The van der Waals surface area contributed by atoms with Crippen molar-refractivity contribution in [1.29, 1.82) is 5.26 Å². The molecule has 0 radical (unpaired) electrons. The van der Waals surface area contributed by atoms with E-state index >= 15 is 0 Å². The van der Waals surface area contributed by atoms with Gasteiger partial charge in [-0.05, 0) is 35.9 Å². The SMILES string of the molecule is N#Cc1ccc(NC(=O)c2cnc(NCc3cccnc3)nc2)cc1. The van der Waals surface area contributed by atoms with Crippen molar-refractivity contribution in [2.24, 2.45) is 0 Å². The Morgan fingerprint density at radius 2 is 1.84 bits per heavy atom. The highest BCUT2D eigenvalue weighted by Crippen LogP contribution is 2.11. The van der Waals surface area contributed by atoms with E-state index < -0.39 is 0 Å².